The molecule has 4 rings (SSSR count). The quantitative estimate of drug-likeness (QED) is 0.935. The Kier molecular flexibility index (Phi) is 4.17. The van der Waals surface area contributed by atoms with Gasteiger partial charge in [0.25, 0.3) is 0 Å². The van der Waals surface area contributed by atoms with Crippen molar-refractivity contribution in [2.24, 2.45) is 0 Å². The molecule has 2 aromatic carbocycles. The second kappa shape index (κ2) is 6.61. The van der Waals surface area contributed by atoms with Gasteiger partial charge in [0.2, 0.25) is 0 Å². The second-order valence-corrected chi connectivity index (χ2v) is 6.11. The molecule has 24 heavy (non-hydrogen) atoms. The molecule has 2 aromatic rings. The van der Waals surface area contributed by atoms with Crippen LogP contribution in [0.4, 0.5) is 0 Å². The lowest BCUT2D eigenvalue weighted by Gasteiger charge is -2.32. The number of benzene rings is 2. The van der Waals surface area contributed by atoms with Crippen LogP contribution in [0.1, 0.15) is 6.92 Å². The molecule has 1 N–H and O–H groups in total. The maximum absolute atomic E-state index is 6.03. The van der Waals surface area contributed by atoms with E-state index < -0.39 is 0 Å². The first-order chi connectivity index (χ1) is 11.8. The molecule has 0 fully saturated rings. The zero-order chi connectivity index (χ0) is 16.4. The topological polar surface area (TPSA) is 49.0 Å². The Morgan fingerprint density at radius 2 is 1.46 bits per heavy atom. The van der Waals surface area contributed by atoms with Crippen molar-refractivity contribution in [1.29, 1.82) is 0 Å². The lowest BCUT2D eigenvalue weighted by atomic mass is 10.1. The third-order valence-electron chi connectivity index (χ3n) is 4.32. The molecule has 0 saturated heterocycles. The number of fused-ring (bicyclic) bond motifs is 2. The highest BCUT2D eigenvalue weighted by Gasteiger charge is 2.27. The Hall–Kier alpha value is -2.40. The van der Waals surface area contributed by atoms with Crippen LogP contribution in [0.5, 0.6) is 23.0 Å². The summed E-state index contributed by atoms with van der Waals surface area (Å²) in [4.78, 5) is 0. The third kappa shape index (κ3) is 3.12. The Morgan fingerprint density at radius 3 is 2.17 bits per heavy atom. The summed E-state index contributed by atoms with van der Waals surface area (Å²) in [6, 6.07) is 15.6. The summed E-state index contributed by atoms with van der Waals surface area (Å²) in [7, 11) is 0. The molecular weight excluding hydrogens is 306 g/mol. The number of hydrogen-bond donors (Lipinski definition) is 1. The smallest absolute Gasteiger partial charge is 0.161 e. The number of hydrogen-bond acceptors (Lipinski definition) is 5. The van der Waals surface area contributed by atoms with Crippen LogP contribution in [-0.2, 0) is 0 Å². The minimum atomic E-state index is -0.0308. The average Bonchev–Trinajstić information content (AvgIpc) is 2.65. The number of rotatable bonds is 4. The van der Waals surface area contributed by atoms with E-state index in [0.29, 0.717) is 19.8 Å². The summed E-state index contributed by atoms with van der Waals surface area (Å²) in [5, 5.41) is 3.47. The zero-order valence-corrected chi connectivity index (χ0v) is 13.6. The van der Waals surface area contributed by atoms with Gasteiger partial charge in [-0.15, -0.1) is 0 Å². The fourth-order valence-corrected chi connectivity index (χ4v) is 2.89. The lowest BCUT2D eigenvalue weighted by molar-refractivity contribution is 0.0533. The Labute approximate surface area is 141 Å². The molecule has 0 spiro atoms. The summed E-state index contributed by atoms with van der Waals surface area (Å²) in [6.45, 7) is 3.87. The van der Waals surface area contributed by atoms with Crippen molar-refractivity contribution in [2.45, 2.75) is 25.2 Å². The van der Waals surface area contributed by atoms with E-state index >= 15 is 0 Å². The van der Waals surface area contributed by atoms with Crippen molar-refractivity contribution in [2.75, 3.05) is 19.8 Å². The number of para-hydroxylation sites is 4. The summed E-state index contributed by atoms with van der Waals surface area (Å²) in [6.07, 6.45) is -0.0455. The summed E-state index contributed by atoms with van der Waals surface area (Å²) < 4.78 is 23.5. The molecule has 2 aliphatic heterocycles. The van der Waals surface area contributed by atoms with Gasteiger partial charge in [0.15, 0.2) is 23.0 Å². The second-order valence-electron chi connectivity index (χ2n) is 6.11. The first kappa shape index (κ1) is 15.1. The maximum atomic E-state index is 6.03. The average molecular weight is 327 g/mol. The Bertz CT molecular complexity index is 705. The van der Waals surface area contributed by atoms with Crippen LogP contribution in [0.25, 0.3) is 0 Å². The largest absolute Gasteiger partial charge is 0.486 e. The van der Waals surface area contributed by atoms with E-state index in [0.717, 1.165) is 23.0 Å². The Morgan fingerprint density at radius 1 is 0.875 bits per heavy atom. The minimum Gasteiger partial charge on any atom is -0.486 e. The maximum Gasteiger partial charge on any atom is 0.161 e. The van der Waals surface area contributed by atoms with Crippen molar-refractivity contribution in [1.82, 2.24) is 5.32 Å². The third-order valence-corrected chi connectivity index (χ3v) is 4.32. The predicted molar refractivity (Wildman–Crippen MR) is 90.2 cm³/mol. The summed E-state index contributed by atoms with van der Waals surface area (Å²) in [5.74, 6) is 3.21. The highest BCUT2D eigenvalue weighted by molar-refractivity contribution is 5.41. The highest BCUT2D eigenvalue weighted by atomic mass is 16.6. The van der Waals surface area contributed by atoms with Gasteiger partial charge >= 0.3 is 0 Å². The van der Waals surface area contributed by atoms with E-state index in [2.05, 4.69) is 12.2 Å². The fourth-order valence-electron chi connectivity index (χ4n) is 2.89. The van der Waals surface area contributed by atoms with E-state index in [4.69, 9.17) is 18.9 Å². The molecule has 0 bridgehead atoms. The number of ether oxygens (including phenoxy) is 4. The minimum absolute atomic E-state index is 0.0147. The number of nitrogens with one attached hydrogen (secondary N) is 1. The monoisotopic (exact) mass is 327 g/mol. The summed E-state index contributed by atoms with van der Waals surface area (Å²) >= 11 is 0. The first-order valence-electron chi connectivity index (χ1n) is 8.30. The van der Waals surface area contributed by atoms with E-state index in [1.54, 1.807) is 0 Å². The molecular formula is C19H21NO4. The van der Waals surface area contributed by atoms with E-state index in [-0.39, 0.29) is 18.2 Å². The van der Waals surface area contributed by atoms with Gasteiger partial charge in [-0.2, -0.15) is 0 Å². The zero-order valence-electron chi connectivity index (χ0n) is 13.6. The molecule has 3 atom stereocenters. The molecule has 0 saturated carbocycles. The molecule has 0 amide bonds. The molecule has 2 aliphatic rings. The van der Waals surface area contributed by atoms with Crippen LogP contribution < -0.4 is 24.3 Å². The first-order valence-corrected chi connectivity index (χ1v) is 8.30. The van der Waals surface area contributed by atoms with Crippen LogP contribution in [-0.4, -0.2) is 38.0 Å². The van der Waals surface area contributed by atoms with E-state index in [9.17, 15) is 0 Å². The van der Waals surface area contributed by atoms with Gasteiger partial charge in [-0.05, 0) is 31.2 Å². The normalized spacial score (nSPS) is 22.7. The van der Waals surface area contributed by atoms with Gasteiger partial charge in [-0.3, -0.25) is 0 Å². The molecule has 126 valence electrons. The van der Waals surface area contributed by atoms with Crippen molar-refractivity contribution in [3.63, 3.8) is 0 Å². The lowest BCUT2D eigenvalue weighted by Crippen LogP contribution is -2.50. The van der Waals surface area contributed by atoms with Crippen LogP contribution in [0, 0.1) is 0 Å². The fraction of sp³-hybridized carbons (Fsp3) is 0.368. The van der Waals surface area contributed by atoms with Gasteiger partial charge in [-0.1, -0.05) is 24.3 Å². The van der Waals surface area contributed by atoms with Crippen molar-refractivity contribution < 1.29 is 18.9 Å². The summed E-state index contributed by atoms with van der Waals surface area (Å²) in [5.41, 5.74) is 0. The van der Waals surface area contributed by atoms with Gasteiger partial charge in [0, 0.05) is 12.6 Å². The molecule has 2 heterocycles. The van der Waals surface area contributed by atoms with Crippen LogP contribution in [0.2, 0.25) is 0 Å². The van der Waals surface area contributed by atoms with E-state index in [1.165, 1.54) is 0 Å². The van der Waals surface area contributed by atoms with Crippen molar-refractivity contribution in [3.8, 4) is 23.0 Å². The van der Waals surface area contributed by atoms with Crippen LogP contribution >= 0.6 is 0 Å². The molecule has 0 aliphatic carbocycles. The molecule has 0 radical (unpaired) electrons. The van der Waals surface area contributed by atoms with Crippen molar-refractivity contribution in [3.05, 3.63) is 48.5 Å². The highest BCUT2D eigenvalue weighted by Crippen LogP contribution is 2.32. The molecule has 5 heteroatoms. The van der Waals surface area contributed by atoms with Gasteiger partial charge in [0.05, 0.1) is 0 Å². The standard InChI is InChI=1S/C19H21NO4/c1-13(19-12-22-16-7-3-5-9-18(16)24-19)20-10-14-11-21-15-6-2-4-8-17(15)23-14/h2-9,13-14,19-20H,10-12H2,1H3/t13-,14+,19-/m1/s1. The Balaban J connectivity index is 1.31. The van der Waals surface area contributed by atoms with Crippen LogP contribution in [0.3, 0.4) is 0 Å². The van der Waals surface area contributed by atoms with Crippen LogP contribution in [0.15, 0.2) is 48.5 Å². The molecule has 0 unspecified atom stereocenters. The van der Waals surface area contributed by atoms with Gasteiger partial charge < -0.3 is 24.3 Å². The van der Waals surface area contributed by atoms with E-state index in [1.807, 2.05) is 48.5 Å². The van der Waals surface area contributed by atoms with Gasteiger partial charge in [0.1, 0.15) is 25.4 Å². The SMILES string of the molecule is C[C@@H](NC[C@H]1COc2ccccc2O1)[C@H]1COc2ccccc2O1. The predicted octanol–water partition coefficient (Wildman–Crippen LogP) is 2.64. The molecule has 0 aromatic heterocycles. The van der Waals surface area contributed by atoms with Gasteiger partial charge in [-0.25, -0.2) is 0 Å². The molecule has 5 nitrogen and oxygen atoms in total. The van der Waals surface area contributed by atoms with Crippen molar-refractivity contribution >= 4 is 0 Å².